The second kappa shape index (κ2) is 8.54. The van der Waals surface area contributed by atoms with Crippen LogP contribution in [0.2, 0.25) is 0 Å². The molecule has 25 heavy (non-hydrogen) atoms. The van der Waals surface area contributed by atoms with Crippen LogP contribution in [-0.4, -0.2) is 58.9 Å². The summed E-state index contributed by atoms with van der Waals surface area (Å²) in [6.07, 6.45) is 3.31. The molecule has 2 fully saturated rings. The van der Waals surface area contributed by atoms with E-state index in [2.05, 4.69) is 10.6 Å². The Balaban J connectivity index is 1.94. The van der Waals surface area contributed by atoms with Gasteiger partial charge < -0.3 is 31.1 Å². The van der Waals surface area contributed by atoms with Crippen LogP contribution < -0.4 is 10.6 Å². The maximum atomic E-state index is 10.4. The Morgan fingerprint density at radius 2 is 1.04 bits per heavy atom. The summed E-state index contributed by atoms with van der Waals surface area (Å²) in [5.41, 5.74) is 1.99. The molecule has 2 rings (SSSR count). The number of hydrogen-bond acceptors (Lipinski definition) is 6. The quantitative estimate of drug-likeness (QED) is 0.376. The monoisotopic (exact) mass is 354 g/mol. The van der Waals surface area contributed by atoms with Gasteiger partial charge >= 0.3 is 0 Å². The molecule has 2 aliphatic carbocycles. The molecule has 0 aromatic heterocycles. The minimum atomic E-state index is -0.637. The molecule has 0 bridgehead atoms. The van der Waals surface area contributed by atoms with E-state index in [0.717, 1.165) is 24.2 Å². The van der Waals surface area contributed by atoms with Gasteiger partial charge in [0.2, 0.25) is 0 Å². The molecule has 4 atom stereocenters. The second-order valence-corrected chi connectivity index (χ2v) is 7.27. The van der Waals surface area contributed by atoms with Crippen molar-refractivity contribution in [3.8, 4) is 0 Å². The van der Waals surface area contributed by atoms with E-state index in [9.17, 15) is 20.4 Å². The number of aliphatic hydroxyl groups excluding tert-OH is 4. The lowest BCUT2D eigenvalue weighted by molar-refractivity contribution is -0.183. The Morgan fingerprint density at radius 1 is 0.720 bits per heavy atom. The van der Waals surface area contributed by atoms with Gasteiger partial charge in [-0.05, 0) is 19.3 Å². The molecule has 6 nitrogen and oxygen atoms in total. The molecule has 2 saturated carbocycles. The normalized spacial score (nSPS) is 41.8. The van der Waals surface area contributed by atoms with E-state index in [0.29, 0.717) is 6.42 Å². The summed E-state index contributed by atoms with van der Waals surface area (Å²) >= 11 is 0. The van der Waals surface area contributed by atoms with Crippen molar-refractivity contribution in [3.05, 3.63) is 23.5 Å². The van der Waals surface area contributed by atoms with Gasteiger partial charge in [0.05, 0.1) is 24.4 Å². The van der Waals surface area contributed by atoms with Crippen molar-refractivity contribution >= 4 is 0 Å². The van der Waals surface area contributed by atoms with Crippen molar-refractivity contribution in [2.24, 2.45) is 23.7 Å². The van der Waals surface area contributed by atoms with E-state index in [4.69, 9.17) is 0 Å². The SMILES string of the molecule is CC/C(=C/C1C(O)C(CC2C(O)C(/C=C(/CC)NC)C2O)C1O)NC. The van der Waals surface area contributed by atoms with Crippen molar-refractivity contribution in [2.75, 3.05) is 14.1 Å². The average molecular weight is 354 g/mol. The van der Waals surface area contributed by atoms with Crippen LogP contribution in [0.1, 0.15) is 33.1 Å². The van der Waals surface area contributed by atoms with Crippen LogP contribution >= 0.6 is 0 Å². The smallest absolute Gasteiger partial charge is 0.0681 e. The van der Waals surface area contributed by atoms with Crippen LogP contribution in [0.3, 0.4) is 0 Å². The highest BCUT2D eigenvalue weighted by molar-refractivity contribution is 5.16. The number of rotatable bonds is 8. The molecular formula is C19H34N2O4. The first-order chi connectivity index (χ1) is 11.9. The van der Waals surface area contributed by atoms with Gasteiger partial charge in [-0.25, -0.2) is 0 Å². The largest absolute Gasteiger partial charge is 0.392 e. The number of hydrogen-bond donors (Lipinski definition) is 6. The maximum absolute atomic E-state index is 10.4. The summed E-state index contributed by atoms with van der Waals surface area (Å²) in [5.74, 6) is -1.17. The van der Waals surface area contributed by atoms with Gasteiger partial charge in [0.25, 0.3) is 0 Å². The molecule has 0 saturated heterocycles. The third kappa shape index (κ3) is 3.87. The van der Waals surface area contributed by atoms with Crippen LogP contribution in [0.15, 0.2) is 23.5 Å². The third-order valence-electron chi connectivity index (χ3n) is 6.07. The summed E-state index contributed by atoms with van der Waals surface area (Å²) in [6, 6.07) is 0. The molecule has 0 spiro atoms. The second-order valence-electron chi connectivity index (χ2n) is 7.27. The molecule has 0 aromatic carbocycles. The summed E-state index contributed by atoms with van der Waals surface area (Å²) in [6.45, 7) is 4.03. The van der Waals surface area contributed by atoms with Crippen molar-refractivity contribution in [2.45, 2.75) is 57.5 Å². The third-order valence-corrected chi connectivity index (χ3v) is 6.07. The molecule has 0 aromatic rings. The van der Waals surface area contributed by atoms with Crippen LogP contribution in [0.25, 0.3) is 0 Å². The molecule has 4 unspecified atom stereocenters. The molecule has 144 valence electrons. The molecule has 0 aliphatic heterocycles. The number of allylic oxidation sites excluding steroid dienone is 2. The summed E-state index contributed by atoms with van der Waals surface area (Å²) in [5, 5.41) is 47.7. The lowest BCUT2D eigenvalue weighted by atomic mass is 9.59. The topological polar surface area (TPSA) is 105 Å². The van der Waals surface area contributed by atoms with Crippen LogP contribution in [-0.2, 0) is 0 Å². The van der Waals surface area contributed by atoms with Gasteiger partial charge in [0.15, 0.2) is 0 Å². The van der Waals surface area contributed by atoms with E-state index < -0.39 is 24.4 Å². The number of aliphatic hydroxyl groups is 4. The Bertz CT molecular complexity index is 432. The Hall–Kier alpha value is -1.08. The fraction of sp³-hybridized carbons (Fsp3) is 0.789. The highest BCUT2D eigenvalue weighted by Gasteiger charge is 2.54. The van der Waals surface area contributed by atoms with Crippen molar-refractivity contribution in [1.82, 2.24) is 10.6 Å². The molecule has 2 aliphatic rings. The lowest BCUT2D eigenvalue weighted by Gasteiger charge is -2.52. The van der Waals surface area contributed by atoms with Gasteiger partial charge in [0.1, 0.15) is 0 Å². The summed E-state index contributed by atoms with van der Waals surface area (Å²) in [4.78, 5) is 0. The molecule has 6 heteroatoms. The van der Waals surface area contributed by atoms with Crippen LogP contribution in [0, 0.1) is 23.7 Å². The fourth-order valence-corrected chi connectivity index (χ4v) is 4.15. The summed E-state index contributed by atoms with van der Waals surface area (Å²) in [7, 11) is 3.66. The first-order valence-electron chi connectivity index (χ1n) is 9.38. The van der Waals surface area contributed by atoms with Gasteiger partial charge in [-0.15, -0.1) is 0 Å². The van der Waals surface area contributed by atoms with E-state index >= 15 is 0 Å². The molecule has 0 radical (unpaired) electrons. The zero-order valence-corrected chi connectivity index (χ0v) is 15.7. The lowest BCUT2D eigenvalue weighted by Crippen LogP contribution is -2.61. The van der Waals surface area contributed by atoms with E-state index in [-0.39, 0.29) is 23.7 Å². The minimum absolute atomic E-state index is 0.284. The Labute approximate surface area is 150 Å². The van der Waals surface area contributed by atoms with Gasteiger partial charge in [0, 0.05) is 49.2 Å². The predicted molar refractivity (Wildman–Crippen MR) is 97.5 cm³/mol. The Morgan fingerprint density at radius 3 is 1.28 bits per heavy atom. The average Bonchev–Trinajstić information content (AvgIpc) is 2.63. The van der Waals surface area contributed by atoms with Crippen molar-refractivity contribution < 1.29 is 20.4 Å². The minimum Gasteiger partial charge on any atom is -0.392 e. The van der Waals surface area contributed by atoms with Gasteiger partial charge in [-0.3, -0.25) is 0 Å². The van der Waals surface area contributed by atoms with Gasteiger partial charge in [-0.2, -0.15) is 0 Å². The first-order valence-corrected chi connectivity index (χ1v) is 9.38. The summed E-state index contributed by atoms with van der Waals surface area (Å²) < 4.78 is 0. The molecular weight excluding hydrogens is 320 g/mol. The highest BCUT2D eigenvalue weighted by atomic mass is 16.3. The molecule has 0 amide bonds. The molecule has 6 N–H and O–H groups in total. The van der Waals surface area contributed by atoms with E-state index in [1.807, 2.05) is 40.1 Å². The zero-order valence-electron chi connectivity index (χ0n) is 15.7. The van der Waals surface area contributed by atoms with Gasteiger partial charge in [-0.1, -0.05) is 26.0 Å². The van der Waals surface area contributed by atoms with Crippen LogP contribution in [0.4, 0.5) is 0 Å². The standard InChI is InChI=1S/C19H34N2O4/c1-5-10(20-3)7-12-16(22)14(17(12)23)9-15-18(24)13(19(15)25)8-11(6-2)21-4/h7-8,12-25H,5-6,9H2,1-4H3/b10-7-,11-8-. The molecule has 0 heterocycles. The predicted octanol–water partition coefficient (Wildman–Crippen LogP) is 0.339. The maximum Gasteiger partial charge on any atom is 0.0681 e. The highest BCUT2D eigenvalue weighted by Crippen LogP contribution is 2.46. The van der Waals surface area contributed by atoms with E-state index in [1.165, 1.54) is 0 Å². The Kier molecular flexibility index (Phi) is 6.91. The van der Waals surface area contributed by atoms with E-state index in [1.54, 1.807) is 0 Å². The zero-order chi connectivity index (χ0) is 18.7. The fourth-order valence-electron chi connectivity index (χ4n) is 4.15. The first kappa shape index (κ1) is 20.2. The number of nitrogens with one attached hydrogen (secondary N) is 2. The van der Waals surface area contributed by atoms with Crippen molar-refractivity contribution in [3.63, 3.8) is 0 Å². The van der Waals surface area contributed by atoms with Crippen molar-refractivity contribution in [1.29, 1.82) is 0 Å². The van der Waals surface area contributed by atoms with Crippen LogP contribution in [0.5, 0.6) is 0 Å².